The fraction of sp³-hybridized carbons (Fsp3) is 0.700. The highest BCUT2D eigenvalue weighted by Gasteiger charge is 2.53. The van der Waals surface area contributed by atoms with Crippen LogP contribution in [0.3, 0.4) is 0 Å². The van der Waals surface area contributed by atoms with Crippen LogP contribution in [0.25, 0.3) is 0 Å². The number of ether oxygens (including phenoxy) is 1. The first kappa shape index (κ1) is 11.2. The Bertz CT molecular complexity index is 242. The minimum atomic E-state index is -1.89. The number of rotatable bonds is 3. The lowest BCUT2D eigenvalue weighted by molar-refractivity contribution is -0.152. The van der Waals surface area contributed by atoms with E-state index in [1.807, 2.05) is 0 Å². The van der Waals surface area contributed by atoms with Crippen LogP contribution in [0, 0.1) is 5.92 Å². The summed E-state index contributed by atoms with van der Waals surface area (Å²) in [7, 11) is 1.22. The van der Waals surface area contributed by atoms with Crippen LogP contribution in [0.4, 0.5) is 4.39 Å². The molecule has 3 nitrogen and oxygen atoms in total. The van der Waals surface area contributed by atoms with Gasteiger partial charge in [-0.2, -0.15) is 0 Å². The summed E-state index contributed by atoms with van der Waals surface area (Å²) >= 11 is 0. The third-order valence-corrected chi connectivity index (χ3v) is 2.80. The van der Waals surface area contributed by atoms with Crippen LogP contribution >= 0.6 is 0 Å². The van der Waals surface area contributed by atoms with Crippen LogP contribution in [-0.2, 0) is 9.53 Å². The van der Waals surface area contributed by atoms with E-state index in [1.165, 1.54) is 13.2 Å². The van der Waals surface area contributed by atoms with Crippen LogP contribution in [0.15, 0.2) is 12.7 Å². The highest BCUT2D eigenvalue weighted by molar-refractivity contribution is 5.74. The summed E-state index contributed by atoms with van der Waals surface area (Å²) in [6.45, 7) is 3.42. The molecule has 4 heteroatoms. The molecule has 1 N–H and O–H groups in total. The topological polar surface area (TPSA) is 46.5 Å². The molecule has 0 unspecified atom stereocenters. The van der Waals surface area contributed by atoms with Gasteiger partial charge in [-0.1, -0.05) is 6.08 Å². The highest BCUT2D eigenvalue weighted by Crippen LogP contribution is 2.42. The Morgan fingerprint density at radius 3 is 2.93 bits per heavy atom. The molecule has 0 radical (unpaired) electrons. The number of alkyl halides is 1. The number of aliphatic hydroxyl groups excluding tert-OH is 1. The van der Waals surface area contributed by atoms with Crippen molar-refractivity contribution in [3.8, 4) is 0 Å². The van der Waals surface area contributed by atoms with E-state index < -0.39 is 23.7 Å². The maximum Gasteiger partial charge on any atom is 0.312 e. The van der Waals surface area contributed by atoms with Crippen LogP contribution in [0.2, 0.25) is 0 Å². The summed E-state index contributed by atoms with van der Waals surface area (Å²) in [5.74, 6) is -1.45. The van der Waals surface area contributed by atoms with Gasteiger partial charge < -0.3 is 9.84 Å². The van der Waals surface area contributed by atoms with Gasteiger partial charge in [-0.25, -0.2) is 4.39 Å². The summed E-state index contributed by atoms with van der Waals surface area (Å²) in [5.41, 5.74) is -1.89. The van der Waals surface area contributed by atoms with Crippen molar-refractivity contribution < 1.29 is 19.0 Å². The summed E-state index contributed by atoms with van der Waals surface area (Å²) in [5, 5.41) is 9.46. The molecule has 1 rings (SSSR count). The van der Waals surface area contributed by atoms with Crippen molar-refractivity contribution in [2.75, 3.05) is 7.11 Å². The van der Waals surface area contributed by atoms with Gasteiger partial charge in [-0.3, -0.25) is 4.79 Å². The molecule has 1 saturated carbocycles. The molecule has 1 fully saturated rings. The first-order valence-electron chi connectivity index (χ1n) is 4.62. The number of methoxy groups -OCH3 is 1. The van der Waals surface area contributed by atoms with Crippen molar-refractivity contribution in [2.45, 2.75) is 31.0 Å². The van der Waals surface area contributed by atoms with E-state index in [-0.39, 0.29) is 6.42 Å². The Labute approximate surface area is 82.6 Å². The summed E-state index contributed by atoms with van der Waals surface area (Å²) in [6.07, 6.45) is 0.894. The van der Waals surface area contributed by atoms with E-state index in [4.69, 9.17) is 0 Å². The second-order valence-electron chi connectivity index (χ2n) is 3.59. The fourth-order valence-electron chi connectivity index (χ4n) is 1.99. The number of esters is 1. The summed E-state index contributed by atoms with van der Waals surface area (Å²) in [6, 6.07) is 0. The highest BCUT2D eigenvalue weighted by atomic mass is 19.1. The van der Waals surface area contributed by atoms with Gasteiger partial charge >= 0.3 is 5.97 Å². The predicted octanol–water partition coefficient (Wildman–Crippen LogP) is 1.21. The van der Waals surface area contributed by atoms with Crippen LogP contribution in [0.5, 0.6) is 0 Å². The predicted molar refractivity (Wildman–Crippen MR) is 49.4 cm³/mol. The molecule has 0 aromatic rings. The number of allylic oxidation sites excluding steroid dienone is 1. The molecular formula is C10H15FO3. The maximum atomic E-state index is 14.2. The summed E-state index contributed by atoms with van der Waals surface area (Å²) in [4.78, 5) is 11.2. The standard InChI is InChI=1S/C10H15FO3/c1-3-6-10(11)7(9(13)14-2)4-5-8(10)12/h3,7-8,12H,1,4-6H2,2H3/t7-,8-,10+/m1/s1. The second-order valence-corrected chi connectivity index (χ2v) is 3.59. The van der Waals surface area contributed by atoms with Crippen molar-refractivity contribution >= 4 is 5.97 Å². The maximum absolute atomic E-state index is 14.2. The normalized spacial score (nSPS) is 36.8. The van der Waals surface area contributed by atoms with Gasteiger partial charge in [0, 0.05) is 6.42 Å². The van der Waals surface area contributed by atoms with Crippen LogP contribution in [0.1, 0.15) is 19.3 Å². The fourth-order valence-corrected chi connectivity index (χ4v) is 1.99. The minimum Gasteiger partial charge on any atom is -0.469 e. The van der Waals surface area contributed by atoms with E-state index in [9.17, 15) is 14.3 Å². The minimum absolute atomic E-state index is 0.0199. The lowest BCUT2D eigenvalue weighted by atomic mass is 9.88. The first-order chi connectivity index (χ1) is 6.56. The number of halogens is 1. The molecule has 0 aliphatic heterocycles. The van der Waals surface area contributed by atoms with Crippen molar-refractivity contribution in [1.82, 2.24) is 0 Å². The molecule has 0 saturated heterocycles. The number of aliphatic hydroxyl groups is 1. The molecule has 3 atom stereocenters. The lowest BCUT2D eigenvalue weighted by Gasteiger charge is -2.27. The van der Waals surface area contributed by atoms with E-state index in [0.717, 1.165) is 0 Å². The van der Waals surface area contributed by atoms with Gasteiger partial charge in [0.2, 0.25) is 0 Å². The largest absolute Gasteiger partial charge is 0.469 e. The molecule has 0 amide bonds. The van der Waals surface area contributed by atoms with E-state index >= 15 is 0 Å². The quantitative estimate of drug-likeness (QED) is 0.552. The molecular weight excluding hydrogens is 187 g/mol. The molecule has 1 aliphatic rings. The number of hydrogen-bond acceptors (Lipinski definition) is 3. The lowest BCUT2D eigenvalue weighted by Crippen LogP contribution is -2.41. The third kappa shape index (κ3) is 1.66. The second kappa shape index (κ2) is 4.09. The van der Waals surface area contributed by atoms with Crippen LogP contribution < -0.4 is 0 Å². The van der Waals surface area contributed by atoms with E-state index in [2.05, 4.69) is 11.3 Å². The van der Waals surface area contributed by atoms with Crippen molar-refractivity contribution in [3.63, 3.8) is 0 Å². The molecule has 0 aromatic heterocycles. The Morgan fingerprint density at radius 2 is 2.43 bits per heavy atom. The number of carbonyl (C=O) groups excluding carboxylic acids is 1. The molecule has 0 spiro atoms. The Kier molecular flexibility index (Phi) is 3.26. The monoisotopic (exact) mass is 202 g/mol. The molecule has 1 aliphatic carbocycles. The Hall–Kier alpha value is -0.900. The molecule has 14 heavy (non-hydrogen) atoms. The van der Waals surface area contributed by atoms with E-state index in [0.29, 0.717) is 12.8 Å². The SMILES string of the molecule is C=CC[C@@]1(F)[C@H](O)CC[C@@H]1C(=O)OC. The van der Waals surface area contributed by atoms with Crippen molar-refractivity contribution in [3.05, 3.63) is 12.7 Å². The molecule has 80 valence electrons. The average molecular weight is 202 g/mol. The number of carbonyl (C=O) groups is 1. The molecule has 0 aromatic carbocycles. The van der Waals surface area contributed by atoms with Crippen molar-refractivity contribution in [2.24, 2.45) is 5.92 Å². The Morgan fingerprint density at radius 1 is 1.79 bits per heavy atom. The Balaban J connectivity index is 2.85. The van der Waals surface area contributed by atoms with Crippen LogP contribution in [-0.4, -0.2) is 30.0 Å². The van der Waals surface area contributed by atoms with Gasteiger partial charge in [-0.15, -0.1) is 6.58 Å². The van der Waals surface area contributed by atoms with E-state index in [1.54, 1.807) is 0 Å². The zero-order valence-electron chi connectivity index (χ0n) is 8.20. The first-order valence-corrected chi connectivity index (χ1v) is 4.62. The van der Waals surface area contributed by atoms with Gasteiger partial charge in [0.05, 0.1) is 19.1 Å². The van der Waals surface area contributed by atoms with Crippen molar-refractivity contribution in [1.29, 1.82) is 0 Å². The zero-order chi connectivity index (χ0) is 10.8. The van der Waals surface area contributed by atoms with Gasteiger partial charge in [0.25, 0.3) is 0 Å². The molecule has 0 heterocycles. The average Bonchev–Trinajstić information content (AvgIpc) is 2.43. The zero-order valence-corrected chi connectivity index (χ0v) is 8.20. The molecule has 0 bridgehead atoms. The third-order valence-electron chi connectivity index (χ3n) is 2.80. The summed E-state index contributed by atoms with van der Waals surface area (Å²) < 4.78 is 18.7. The van der Waals surface area contributed by atoms with Gasteiger partial charge in [0.15, 0.2) is 5.67 Å². The smallest absolute Gasteiger partial charge is 0.312 e. The van der Waals surface area contributed by atoms with Gasteiger partial charge in [-0.05, 0) is 12.8 Å². The van der Waals surface area contributed by atoms with Gasteiger partial charge in [0.1, 0.15) is 0 Å². The number of hydrogen-bond donors (Lipinski definition) is 1.